The standard InChI is InChI=1S/C26H49NO3Si/c1-6-10-11-12-13-14-15-16-17-25(30-23(5)28)21-27-19-18-24-20-26(29-22-24)31(7-2,8-3)9-4/h20,22,25,27H,6-19,21H2,1-5H3. The topological polar surface area (TPSA) is 51.5 Å². The molecule has 0 saturated carbocycles. The Morgan fingerprint density at radius 1 is 1.00 bits per heavy atom. The molecule has 5 heteroatoms. The van der Waals surface area contributed by atoms with E-state index in [9.17, 15) is 4.79 Å². The van der Waals surface area contributed by atoms with Gasteiger partial charge in [0.05, 0.1) is 11.6 Å². The predicted molar refractivity (Wildman–Crippen MR) is 135 cm³/mol. The fraction of sp³-hybridized carbons (Fsp3) is 0.808. The summed E-state index contributed by atoms with van der Waals surface area (Å²) in [7, 11) is -1.43. The van der Waals surface area contributed by atoms with Crippen LogP contribution in [0.15, 0.2) is 16.7 Å². The second-order valence-electron chi connectivity index (χ2n) is 9.11. The smallest absolute Gasteiger partial charge is 0.302 e. The number of furan rings is 1. The summed E-state index contributed by atoms with van der Waals surface area (Å²) in [4.78, 5) is 11.5. The predicted octanol–water partition coefficient (Wildman–Crippen LogP) is 6.59. The molecule has 0 amide bonds. The van der Waals surface area contributed by atoms with Gasteiger partial charge in [0.1, 0.15) is 14.2 Å². The molecule has 0 aromatic carbocycles. The van der Waals surface area contributed by atoms with Crippen molar-refractivity contribution in [2.75, 3.05) is 13.1 Å². The molecule has 1 N–H and O–H groups in total. The maximum atomic E-state index is 11.5. The minimum absolute atomic E-state index is 0.0159. The third-order valence-corrected chi connectivity index (χ3v) is 12.2. The first kappa shape index (κ1) is 28.0. The summed E-state index contributed by atoms with van der Waals surface area (Å²) in [5, 5.41) is 4.76. The van der Waals surface area contributed by atoms with Crippen LogP contribution < -0.4 is 10.7 Å². The second-order valence-corrected chi connectivity index (χ2v) is 14.3. The van der Waals surface area contributed by atoms with E-state index in [2.05, 4.69) is 39.1 Å². The number of hydrogen-bond donors (Lipinski definition) is 1. The highest BCUT2D eigenvalue weighted by Crippen LogP contribution is 2.21. The molecule has 1 heterocycles. The Kier molecular flexibility index (Phi) is 14.9. The van der Waals surface area contributed by atoms with Gasteiger partial charge in [0.25, 0.3) is 0 Å². The first-order chi connectivity index (χ1) is 15.0. The molecule has 1 aromatic heterocycles. The number of unbranched alkanes of at least 4 members (excludes halogenated alkanes) is 7. The maximum Gasteiger partial charge on any atom is 0.302 e. The van der Waals surface area contributed by atoms with Gasteiger partial charge in [-0.05, 0) is 37.4 Å². The van der Waals surface area contributed by atoms with Crippen molar-refractivity contribution in [2.24, 2.45) is 0 Å². The van der Waals surface area contributed by atoms with Gasteiger partial charge in [-0.2, -0.15) is 0 Å². The Hall–Kier alpha value is -1.07. The fourth-order valence-corrected chi connectivity index (χ4v) is 7.84. The van der Waals surface area contributed by atoms with Gasteiger partial charge in [-0.3, -0.25) is 4.79 Å². The van der Waals surface area contributed by atoms with E-state index < -0.39 is 8.07 Å². The zero-order valence-electron chi connectivity index (χ0n) is 21.1. The van der Waals surface area contributed by atoms with Gasteiger partial charge in [0.2, 0.25) is 0 Å². The van der Waals surface area contributed by atoms with Gasteiger partial charge in [0, 0.05) is 13.5 Å². The molecule has 4 nitrogen and oxygen atoms in total. The Morgan fingerprint density at radius 2 is 1.61 bits per heavy atom. The van der Waals surface area contributed by atoms with Crippen molar-refractivity contribution in [3.05, 3.63) is 17.9 Å². The average Bonchev–Trinajstić information content (AvgIpc) is 3.23. The molecular weight excluding hydrogens is 402 g/mol. The van der Waals surface area contributed by atoms with E-state index in [4.69, 9.17) is 9.15 Å². The molecule has 1 unspecified atom stereocenters. The molecule has 1 rings (SSSR count). The molecule has 0 fully saturated rings. The number of nitrogens with one attached hydrogen (secondary N) is 1. The van der Waals surface area contributed by atoms with Crippen LogP contribution in [-0.4, -0.2) is 33.2 Å². The van der Waals surface area contributed by atoms with Crippen molar-refractivity contribution < 1.29 is 13.9 Å². The van der Waals surface area contributed by atoms with Crippen molar-refractivity contribution in [2.45, 2.75) is 123 Å². The lowest BCUT2D eigenvalue weighted by atomic mass is 10.1. The summed E-state index contributed by atoms with van der Waals surface area (Å²) in [5.74, 6) is -0.175. The van der Waals surface area contributed by atoms with Gasteiger partial charge in [-0.1, -0.05) is 90.8 Å². The number of rotatable bonds is 19. The number of ether oxygens (including phenoxy) is 1. The first-order valence-electron chi connectivity index (χ1n) is 13.0. The molecule has 1 atom stereocenters. The van der Waals surface area contributed by atoms with Gasteiger partial charge in [-0.25, -0.2) is 0 Å². The Morgan fingerprint density at radius 3 is 2.19 bits per heavy atom. The van der Waals surface area contributed by atoms with Crippen LogP contribution in [0.5, 0.6) is 0 Å². The number of carbonyl (C=O) groups is 1. The molecule has 0 bridgehead atoms. The Bertz CT molecular complexity index is 575. The molecular formula is C26H49NO3Si. The largest absolute Gasteiger partial charge is 0.474 e. The highest BCUT2D eigenvalue weighted by molar-refractivity contribution is 6.90. The van der Waals surface area contributed by atoms with E-state index in [1.165, 1.54) is 80.9 Å². The highest BCUT2D eigenvalue weighted by atomic mass is 28.3. The lowest BCUT2D eigenvalue weighted by molar-refractivity contribution is -0.146. The van der Waals surface area contributed by atoms with E-state index in [0.29, 0.717) is 0 Å². The summed E-state index contributed by atoms with van der Waals surface area (Å²) in [6.45, 7) is 12.3. The van der Waals surface area contributed by atoms with Gasteiger partial charge in [-0.15, -0.1) is 0 Å². The normalized spacial score (nSPS) is 12.8. The van der Waals surface area contributed by atoms with Crippen LogP contribution in [0.25, 0.3) is 0 Å². The lowest BCUT2D eigenvalue weighted by Crippen LogP contribution is -2.44. The summed E-state index contributed by atoms with van der Waals surface area (Å²) in [6.07, 6.45) is 14.2. The Balaban J connectivity index is 2.32. The Labute approximate surface area is 192 Å². The number of esters is 1. The van der Waals surface area contributed by atoms with Crippen molar-refractivity contribution >= 4 is 19.4 Å². The summed E-state index contributed by atoms with van der Waals surface area (Å²) >= 11 is 0. The summed E-state index contributed by atoms with van der Waals surface area (Å²) < 4.78 is 11.5. The minimum Gasteiger partial charge on any atom is -0.474 e. The minimum atomic E-state index is -1.43. The van der Waals surface area contributed by atoms with Crippen LogP contribution in [0.3, 0.4) is 0 Å². The number of carbonyl (C=O) groups excluding carboxylic acids is 1. The van der Waals surface area contributed by atoms with Crippen LogP contribution in [0.4, 0.5) is 0 Å². The SMILES string of the molecule is CCCCCCCCCCC(CNCCc1coc([Si](CC)(CC)CC)c1)OC(C)=O. The monoisotopic (exact) mass is 451 g/mol. The van der Waals surface area contributed by atoms with E-state index in [-0.39, 0.29) is 12.1 Å². The van der Waals surface area contributed by atoms with Gasteiger partial charge >= 0.3 is 5.97 Å². The molecule has 31 heavy (non-hydrogen) atoms. The quantitative estimate of drug-likeness (QED) is 0.146. The highest BCUT2D eigenvalue weighted by Gasteiger charge is 2.32. The summed E-state index contributed by atoms with van der Waals surface area (Å²) in [5.41, 5.74) is 1.28. The first-order valence-corrected chi connectivity index (χ1v) is 15.6. The zero-order valence-corrected chi connectivity index (χ0v) is 22.1. The van der Waals surface area contributed by atoms with Crippen LogP contribution in [0, 0.1) is 0 Å². The van der Waals surface area contributed by atoms with E-state index in [0.717, 1.165) is 32.4 Å². The summed E-state index contributed by atoms with van der Waals surface area (Å²) in [6, 6.07) is 6.03. The van der Waals surface area contributed by atoms with Crippen molar-refractivity contribution in [1.29, 1.82) is 0 Å². The molecule has 0 aliphatic rings. The van der Waals surface area contributed by atoms with Crippen molar-refractivity contribution in [3.8, 4) is 0 Å². The van der Waals surface area contributed by atoms with E-state index in [1.54, 1.807) is 0 Å². The molecule has 0 spiro atoms. The maximum absolute atomic E-state index is 11.5. The molecule has 0 radical (unpaired) electrons. The second kappa shape index (κ2) is 16.5. The average molecular weight is 452 g/mol. The molecule has 1 aromatic rings. The molecule has 0 aliphatic heterocycles. The van der Waals surface area contributed by atoms with Crippen molar-refractivity contribution in [1.82, 2.24) is 5.32 Å². The molecule has 180 valence electrons. The third-order valence-electron chi connectivity index (χ3n) is 6.88. The molecule has 0 saturated heterocycles. The molecule has 0 aliphatic carbocycles. The lowest BCUT2D eigenvalue weighted by Gasteiger charge is -2.24. The fourth-order valence-electron chi connectivity index (χ4n) is 4.50. The third kappa shape index (κ3) is 10.9. The van der Waals surface area contributed by atoms with Crippen LogP contribution in [-0.2, 0) is 16.0 Å². The zero-order chi connectivity index (χ0) is 23.0. The van der Waals surface area contributed by atoms with Crippen LogP contribution in [0.2, 0.25) is 18.1 Å². The van der Waals surface area contributed by atoms with Crippen LogP contribution >= 0.6 is 0 Å². The van der Waals surface area contributed by atoms with Gasteiger partial charge < -0.3 is 14.5 Å². The van der Waals surface area contributed by atoms with Gasteiger partial charge in [0.15, 0.2) is 0 Å². The van der Waals surface area contributed by atoms with Crippen LogP contribution in [0.1, 0.15) is 98.0 Å². The van der Waals surface area contributed by atoms with Crippen molar-refractivity contribution in [3.63, 3.8) is 0 Å². The van der Waals surface area contributed by atoms with E-state index in [1.807, 2.05) is 6.26 Å². The number of hydrogen-bond acceptors (Lipinski definition) is 4. The van der Waals surface area contributed by atoms with E-state index >= 15 is 0 Å².